The highest BCUT2D eigenvalue weighted by Crippen LogP contribution is 2.06. The Morgan fingerprint density at radius 1 is 1.35 bits per heavy atom. The van der Waals surface area contributed by atoms with Crippen LogP contribution in [0.3, 0.4) is 0 Å². The maximum Gasteiger partial charge on any atom is 0.359 e. The molecule has 0 aliphatic rings. The monoisotopic (exact) mass is 230 g/mol. The molecule has 0 radical (unpaired) electrons. The number of carbonyl (C=O) groups is 1. The summed E-state index contributed by atoms with van der Waals surface area (Å²) in [5, 5.41) is 4.06. The summed E-state index contributed by atoms with van der Waals surface area (Å²) in [4.78, 5) is 11.7. The average Bonchev–Trinajstić information content (AvgIpc) is 2.68. The molecule has 88 valence electrons. The molecule has 0 spiro atoms. The van der Waals surface area contributed by atoms with Crippen molar-refractivity contribution in [3.05, 3.63) is 53.3 Å². The van der Waals surface area contributed by atoms with E-state index in [1.165, 1.54) is 0 Å². The zero-order valence-corrected chi connectivity index (χ0v) is 9.88. The lowest BCUT2D eigenvalue weighted by molar-refractivity contribution is 0.0465. The van der Waals surface area contributed by atoms with Crippen molar-refractivity contribution in [1.29, 1.82) is 0 Å². The summed E-state index contributed by atoms with van der Waals surface area (Å²) >= 11 is 0. The average molecular weight is 230 g/mol. The van der Waals surface area contributed by atoms with Gasteiger partial charge in [0.1, 0.15) is 6.61 Å². The summed E-state index contributed by atoms with van der Waals surface area (Å²) in [5.41, 5.74) is 2.24. The smallest absolute Gasteiger partial charge is 0.359 e. The van der Waals surface area contributed by atoms with Gasteiger partial charge in [-0.1, -0.05) is 30.3 Å². The van der Waals surface area contributed by atoms with Crippen LogP contribution in [0.4, 0.5) is 0 Å². The third-order valence-corrected chi connectivity index (χ3v) is 2.54. The van der Waals surface area contributed by atoms with Gasteiger partial charge < -0.3 is 4.74 Å². The molecule has 0 fully saturated rings. The lowest BCUT2D eigenvalue weighted by Crippen LogP contribution is -2.06. The molecule has 0 saturated heterocycles. The molecule has 4 nitrogen and oxygen atoms in total. The predicted octanol–water partition coefficient (Wildman–Crippen LogP) is 2.09. The number of benzene rings is 1. The number of carbonyl (C=O) groups excluding carboxylic acids is 1. The minimum Gasteiger partial charge on any atom is -0.456 e. The van der Waals surface area contributed by atoms with Crippen molar-refractivity contribution < 1.29 is 9.53 Å². The zero-order valence-electron chi connectivity index (χ0n) is 9.88. The Kier molecular flexibility index (Phi) is 3.23. The Bertz CT molecular complexity index is 498. The molecule has 1 aromatic heterocycles. The van der Waals surface area contributed by atoms with Gasteiger partial charge in [0.25, 0.3) is 0 Å². The van der Waals surface area contributed by atoms with Gasteiger partial charge in [-0.3, -0.25) is 4.68 Å². The van der Waals surface area contributed by atoms with Crippen LogP contribution in [-0.2, 0) is 18.4 Å². The SMILES string of the molecule is Cc1cc(C(=O)OCc2ccccc2)nn1C. The summed E-state index contributed by atoms with van der Waals surface area (Å²) in [6, 6.07) is 11.3. The first-order valence-corrected chi connectivity index (χ1v) is 5.38. The molecule has 0 bridgehead atoms. The Balaban J connectivity index is 1.98. The Hall–Kier alpha value is -2.10. The largest absolute Gasteiger partial charge is 0.456 e. The number of aromatic nitrogens is 2. The number of hydrogen-bond acceptors (Lipinski definition) is 3. The number of nitrogens with zero attached hydrogens (tertiary/aromatic N) is 2. The molecule has 0 saturated carbocycles. The van der Waals surface area contributed by atoms with E-state index in [-0.39, 0.29) is 6.61 Å². The van der Waals surface area contributed by atoms with Crippen LogP contribution in [0, 0.1) is 6.92 Å². The van der Waals surface area contributed by atoms with Crippen LogP contribution in [0.25, 0.3) is 0 Å². The number of ether oxygens (including phenoxy) is 1. The van der Waals surface area contributed by atoms with Gasteiger partial charge in [0.2, 0.25) is 0 Å². The van der Waals surface area contributed by atoms with Gasteiger partial charge in [-0.05, 0) is 18.6 Å². The molecule has 1 aromatic carbocycles. The molecular formula is C13H14N2O2. The number of aryl methyl sites for hydroxylation is 2. The normalized spacial score (nSPS) is 10.2. The highest BCUT2D eigenvalue weighted by molar-refractivity contribution is 5.87. The van der Waals surface area contributed by atoms with Crippen molar-refractivity contribution in [2.45, 2.75) is 13.5 Å². The van der Waals surface area contributed by atoms with Gasteiger partial charge in [-0.15, -0.1) is 0 Å². The van der Waals surface area contributed by atoms with Crippen molar-refractivity contribution in [2.24, 2.45) is 7.05 Å². The van der Waals surface area contributed by atoms with Crippen LogP contribution in [0.2, 0.25) is 0 Å². The zero-order chi connectivity index (χ0) is 12.3. The van der Waals surface area contributed by atoms with Gasteiger partial charge in [0.15, 0.2) is 5.69 Å². The minimum absolute atomic E-state index is 0.273. The van der Waals surface area contributed by atoms with Crippen LogP contribution in [0.15, 0.2) is 36.4 Å². The van der Waals surface area contributed by atoms with Crippen molar-refractivity contribution in [1.82, 2.24) is 9.78 Å². The van der Waals surface area contributed by atoms with Gasteiger partial charge in [0, 0.05) is 12.7 Å². The summed E-state index contributed by atoms with van der Waals surface area (Å²) in [6.45, 7) is 2.16. The van der Waals surface area contributed by atoms with E-state index < -0.39 is 5.97 Å². The topological polar surface area (TPSA) is 44.1 Å². The van der Waals surface area contributed by atoms with Crippen LogP contribution in [0.1, 0.15) is 21.7 Å². The molecule has 17 heavy (non-hydrogen) atoms. The van der Waals surface area contributed by atoms with Gasteiger partial charge in [-0.2, -0.15) is 5.10 Å². The first-order chi connectivity index (χ1) is 8.16. The second kappa shape index (κ2) is 4.82. The third kappa shape index (κ3) is 2.72. The predicted molar refractivity (Wildman–Crippen MR) is 63.5 cm³/mol. The van der Waals surface area contributed by atoms with E-state index in [1.807, 2.05) is 37.3 Å². The molecular weight excluding hydrogens is 216 g/mol. The second-order valence-electron chi connectivity index (χ2n) is 3.86. The van der Waals surface area contributed by atoms with E-state index in [2.05, 4.69) is 5.10 Å². The summed E-state index contributed by atoms with van der Waals surface area (Å²) in [7, 11) is 1.79. The molecule has 4 heteroatoms. The van der Waals surface area contributed by atoms with Crippen molar-refractivity contribution in [2.75, 3.05) is 0 Å². The van der Waals surface area contributed by atoms with Gasteiger partial charge in [0.05, 0.1) is 0 Å². The van der Waals surface area contributed by atoms with Gasteiger partial charge in [-0.25, -0.2) is 4.79 Å². The van der Waals surface area contributed by atoms with E-state index in [1.54, 1.807) is 17.8 Å². The van der Waals surface area contributed by atoms with Crippen LogP contribution in [0.5, 0.6) is 0 Å². The highest BCUT2D eigenvalue weighted by atomic mass is 16.5. The van der Waals surface area contributed by atoms with Crippen LogP contribution < -0.4 is 0 Å². The summed E-state index contributed by atoms with van der Waals surface area (Å²) in [6.07, 6.45) is 0. The van der Waals surface area contributed by atoms with E-state index in [4.69, 9.17) is 4.74 Å². The number of hydrogen-bond donors (Lipinski definition) is 0. The fraction of sp³-hybridized carbons (Fsp3) is 0.231. The fourth-order valence-corrected chi connectivity index (χ4v) is 1.46. The molecule has 0 unspecified atom stereocenters. The van der Waals surface area contributed by atoms with Crippen LogP contribution >= 0.6 is 0 Å². The minimum atomic E-state index is -0.391. The maximum atomic E-state index is 11.7. The molecule has 0 aliphatic heterocycles. The standard InChI is InChI=1S/C13H14N2O2/c1-10-8-12(14-15(10)2)13(16)17-9-11-6-4-3-5-7-11/h3-8H,9H2,1-2H3. The second-order valence-corrected chi connectivity index (χ2v) is 3.86. The number of rotatable bonds is 3. The third-order valence-electron chi connectivity index (χ3n) is 2.54. The molecule has 0 atom stereocenters. The first-order valence-electron chi connectivity index (χ1n) is 5.38. The van der Waals surface area contributed by atoms with Gasteiger partial charge >= 0.3 is 5.97 Å². The highest BCUT2D eigenvalue weighted by Gasteiger charge is 2.12. The van der Waals surface area contributed by atoms with E-state index in [0.717, 1.165) is 11.3 Å². The molecule has 0 aliphatic carbocycles. The molecule has 0 N–H and O–H groups in total. The lowest BCUT2D eigenvalue weighted by atomic mass is 10.2. The Labute approximate surface area is 99.8 Å². The van der Waals surface area contributed by atoms with Crippen molar-refractivity contribution >= 4 is 5.97 Å². The van der Waals surface area contributed by atoms with Crippen molar-refractivity contribution in [3.8, 4) is 0 Å². The Morgan fingerprint density at radius 2 is 2.06 bits per heavy atom. The van der Waals surface area contributed by atoms with E-state index in [9.17, 15) is 4.79 Å². The molecule has 1 heterocycles. The summed E-state index contributed by atoms with van der Waals surface area (Å²) < 4.78 is 6.82. The quantitative estimate of drug-likeness (QED) is 0.758. The van der Waals surface area contributed by atoms with E-state index in [0.29, 0.717) is 5.69 Å². The van der Waals surface area contributed by atoms with Crippen LogP contribution in [-0.4, -0.2) is 15.7 Å². The summed E-state index contributed by atoms with van der Waals surface area (Å²) in [5.74, 6) is -0.391. The molecule has 2 aromatic rings. The number of esters is 1. The Morgan fingerprint density at radius 3 is 2.65 bits per heavy atom. The molecule has 2 rings (SSSR count). The molecule has 0 amide bonds. The van der Waals surface area contributed by atoms with E-state index >= 15 is 0 Å². The maximum absolute atomic E-state index is 11.7. The first kappa shape index (κ1) is 11.4. The van der Waals surface area contributed by atoms with Crippen molar-refractivity contribution in [3.63, 3.8) is 0 Å². The lowest BCUT2D eigenvalue weighted by Gasteiger charge is -2.02. The fourth-order valence-electron chi connectivity index (χ4n) is 1.46.